The van der Waals surface area contributed by atoms with Crippen LogP contribution in [0.15, 0.2) is 42.0 Å². The highest BCUT2D eigenvalue weighted by Crippen LogP contribution is 2.30. The van der Waals surface area contributed by atoms with Gasteiger partial charge in [-0.2, -0.15) is 0 Å². The van der Waals surface area contributed by atoms with E-state index in [-0.39, 0.29) is 5.91 Å². The number of benzene rings is 1. The van der Waals surface area contributed by atoms with Crippen LogP contribution in [0.2, 0.25) is 0 Å². The zero-order chi connectivity index (χ0) is 17.1. The highest BCUT2D eigenvalue weighted by atomic mass is 32.1. The number of piperidine rings is 1. The third-order valence-electron chi connectivity index (χ3n) is 4.27. The quantitative estimate of drug-likeness (QED) is 0.752. The molecule has 1 amide bonds. The summed E-state index contributed by atoms with van der Waals surface area (Å²) in [7, 11) is 0. The number of thiazole rings is 1. The van der Waals surface area contributed by atoms with Gasteiger partial charge in [-0.15, -0.1) is 16.4 Å². The third kappa shape index (κ3) is 3.45. The largest absolute Gasteiger partial charge is 0.317 e. The summed E-state index contributed by atoms with van der Waals surface area (Å²) in [5.41, 5.74) is 3.79. The molecule has 1 aromatic carbocycles. The van der Waals surface area contributed by atoms with Gasteiger partial charge in [-0.25, -0.2) is 9.67 Å². The van der Waals surface area contributed by atoms with Crippen LogP contribution in [0.4, 0.5) is 5.00 Å². The van der Waals surface area contributed by atoms with Crippen molar-refractivity contribution in [1.82, 2.24) is 25.3 Å². The molecule has 8 heteroatoms. The number of rotatable bonds is 4. The molecule has 1 fully saturated rings. The van der Waals surface area contributed by atoms with Gasteiger partial charge in [0.25, 0.3) is 5.91 Å². The Morgan fingerprint density at radius 1 is 1.24 bits per heavy atom. The summed E-state index contributed by atoms with van der Waals surface area (Å²) in [5, 5.41) is 15.1. The number of hydrogen-bond donors (Lipinski definition) is 2. The van der Waals surface area contributed by atoms with E-state index in [0.717, 1.165) is 37.2 Å². The van der Waals surface area contributed by atoms with E-state index in [1.54, 1.807) is 16.4 Å². The van der Waals surface area contributed by atoms with Gasteiger partial charge in [0.15, 0.2) is 5.69 Å². The van der Waals surface area contributed by atoms with Gasteiger partial charge in [-0.05, 0) is 25.9 Å². The van der Waals surface area contributed by atoms with Crippen LogP contribution in [0.1, 0.15) is 29.4 Å². The van der Waals surface area contributed by atoms with E-state index in [4.69, 9.17) is 0 Å². The average molecular weight is 354 g/mol. The van der Waals surface area contributed by atoms with Gasteiger partial charge in [0.1, 0.15) is 10.7 Å². The molecule has 0 atom stereocenters. The standard InChI is InChI=1S/C17H18N6OS/c24-16(14-10-23(22-21-14)13-6-8-18-9-7-13)20-17-15(19-11-25-17)12-4-2-1-3-5-12/h1-5,10-11,13,18H,6-9H2,(H,20,24). The Kier molecular flexibility index (Phi) is 4.53. The zero-order valence-corrected chi connectivity index (χ0v) is 14.4. The van der Waals surface area contributed by atoms with Gasteiger partial charge in [-0.3, -0.25) is 4.79 Å². The molecule has 25 heavy (non-hydrogen) atoms. The van der Waals surface area contributed by atoms with E-state index in [0.29, 0.717) is 16.7 Å². The van der Waals surface area contributed by atoms with Crippen molar-refractivity contribution in [3.05, 3.63) is 47.7 Å². The van der Waals surface area contributed by atoms with Crippen molar-refractivity contribution in [2.24, 2.45) is 0 Å². The first-order valence-corrected chi connectivity index (χ1v) is 9.12. The summed E-state index contributed by atoms with van der Waals surface area (Å²) < 4.78 is 1.81. The van der Waals surface area contributed by atoms with Crippen molar-refractivity contribution in [3.63, 3.8) is 0 Å². The molecule has 2 aromatic heterocycles. The fourth-order valence-electron chi connectivity index (χ4n) is 2.93. The fourth-order valence-corrected chi connectivity index (χ4v) is 3.63. The number of anilines is 1. The minimum Gasteiger partial charge on any atom is -0.317 e. The summed E-state index contributed by atoms with van der Waals surface area (Å²) >= 11 is 1.40. The second-order valence-corrected chi connectivity index (χ2v) is 6.77. The average Bonchev–Trinajstić information content (AvgIpc) is 3.33. The first-order valence-electron chi connectivity index (χ1n) is 8.24. The van der Waals surface area contributed by atoms with Crippen LogP contribution in [-0.4, -0.2) is 39.0 Å². The summed E-state index contributed by atoms with van der Waals surface area (Å²) in [6.45, 7) is 1.93. The molecule has 4 rings (SSSR count). The minimum absolute atomic E-state index is 0.262. The summed E-state index contributed by atoms with van der Waals surface area (Å²) in [5.74, 6) is -0.262. The number of nitrogens with zero attached hydrogens (tertiary/aromatic N) is 4. The first kappa shape index (κ1) is 15.9. The van der Waals surface area contributed by atoms with Crippen LogP contribution in [0.3, 0.4) is 0 Å². The van der Waals surface area contributed by atoms with Crippen LogP contribution in [0.25, 0.3) is 11.3 Å². The summed E-state index contributed by atoms with van der Waals surface area (Å²) in [6, 6.07) is 10.1. The van der Waals surface area contributed by atoms with Gasteiger partial charge < -0.3 is 10.6 Å². The van der Waals surface area contributed by atoms with Crippen molar-refractivity contribution in [3.8, 4) is 11.3 Å². The van der Waals surface area contributed by atoms with Gasteiger partial charge in [0.05, 0.1) is 17.7 Å². The highest BCUT2D eigenvalue weighted by Gasteiger charge is 2.20. The molecule has 128 valence electrons. The minimum atomic E-state index is -0.262. The molecule has 7 nitrogen and oxygen atoms in total. The molecule has 0 aliphatic carbocycles. The van der Waals surface area contributed by atoms with Crippen LogP contribution < -0.4 is 10.6 Å². The first-order chi connectivity index (χ1) is 12.3. The number of carbonyl (C=O) groups is 1. The van der Waals surface area contributed by atoms with E-state index in [2.05, 4.69) is 25.9 Å². The second kappa shape index (κ2) is 7.12. The van der Waals surface area contributed by atoms with Crippen molar-refractivity contribution in [2.45, 2.75) is 18.9 Å². The molecule has 1 aliphatic rings. The van der Waals surface area contributed by atoms with E-state index < -0.39 is 0 Å². The van der Waals surface area contributed by atoms with Crippen molar-refractivity contribution >= 4 is 22.2 Å². The van der Waals surface area contributed by atoms with Crippen molar-refractivity contribution in [2.75, 3.05) is 18.4 Å². The van der Waals surface area contributed by atoms with Crippen LogP contribution in [0.5, 0.6) is 0 Å². The summed E-state index contributed by atoms with van der Waals surface area (Å²) in [6.07, 6.45) is 3.73. The lowest BCUT2D eigenvalue weighted by atomic mass is 10.1. The lowest BCUT2D eigenvalue weighted by Gasteiger charge is -2.22. The normalized spacial score (nSPS) is 15.2. The number of nitrogens with one attached hydrogen (secondary N) is 2. The molecule has 0 bridgehead atoms. The van der Waals surface area contributed by atoms with Crippen LogP contribution >= 0.6 is 11.3 Å². The van der Waals surface area contributed by atoms with E-state index in [1.165, 1.54) is 11.3 Å². The Bertz CT molecular complexity index is 853. The van der Waals surface area contributed by atoms with E-state index in [9.17, 15) is 4.79 Å². The lowest BCUT2D eigenvalue weighted by molar-refractivity contribution is 0.102. The number of hydrogen-bond acceptors (Lipinski definition) is 6. The third-order valence-corrected chi connectivity index (χ3v) is 5.01. The van der Waals surface area contributed by atoms with Crippen molar-refractivity contribution < 1.29 is 4.79 Å². The highest BCUT2D eigenvalue weighted by molar-refractivity contribution is 7.14. The molecule has 3 aromatic rings. The maximum Gasteiger partial charge on any atom is 0.278 e. The van der Waals surface area contributed by atoms with Crippen LogP contribution in [0, 0.1) is 0 Å². The number of carbonyl (C=O) groups excluding carboxylic acids is 1. The Hall–Kier alpha value is -2.58. The zero-order valence-electron chi connectivity index (χ0n) is 13.6. The SMILES string of the molecule is O=C(Nc1scnc1-c1ccccc1)c1cn(C2CCNCC2)nn1. The predicted octanol–water partition coefficient (Wildman–Crippen LogP) is 2.58. The molecule has 0 spiro atoms. The van der Waals surface area contributed by atoms with Gasteiger partial charge in [0, 0.05) is 5.56 Å². The Labute approximate surface area is 149 Å². The molecule has 3 heterocycles. The maximum atomic E-state index is 12.5. The van der Waals surface area contributed by atoms with Crippen LogP contribution in [-0.2, 0) is 0 Å². The molecular weight excluding hydrogens is 336 g/mol. The maximum absolute atomic E-state index is 12.5. The van der Waals surface area contributed by atoms with E-state index in [1.807, 2.05) is 30.3 Å². The second-order valence-electron chi connectivity index (χ2n) is 5.92. The monoisotopic (exact) mass is 354 g/mol. The molecular formula is C17H18N6OS. The molecule has 1 aliphatic heterocycles. The summed E-state index contributed by atoms with van der Waals surface area (Å²) in [4.78, 5) is 16.9. The fraction of sp³-hybridized carbons (Fsp3) is 0.294. The van der Waals surface area contributed by atoms with E-state index >= 15 is 0 Å². The number of aromatic nitrogens is 4. The molecule has 0 unspecified atom stereocenters. The Morgan fingerprint density at radius 3 is 2.84 bits per heavy atom. The number of amides is 1. The molecule has 0 radical (unpaired) electrons. The smallest absolute Gasteiger partial charge is 0.278 e. The van der Waals surface area contributed by atoms with Gasteiger partial charge in [0.2, 0.25) is 0 Å². The molecule has 0 saturated carbocycles. The topological polar surface area (TPSA) is 84.7 Å². The Morgan fingerprint density at radius 2 is 2.04 bits per heavy atom. The predicted molar refractivity (Wildman–Crippen MR) is 96.7 cm³/mol. The van der Waals surface area contributed by atoms with Gasteiger partial charge in [-0.1, -0.05) is 35.5 Å². The Balaban J connectivity index is 1.50. The molecule has 1 saturated heterocycles. The van der Waals surface area contributed by atoms with Gasteiger partial charge >= 0.3 is 0 Å². The molecule has 2 N–H and O–H groups in total. The van der Waals surface area contributed by atoms with Crippen molar-refractivity contribution in [1.29, 1.82) is 0 Å². The lowest BCUT2D eigenvalue weighted by Crippen LogP contribution is -2.29.